The van der Waals surface area contributed by atoms with Gasteiger partial charge in [0.05, 0.1) is 0 Å². The van der Waals surface area contributed by atoms with Gasteiger partial charge in [-0.25, -0.2) is 0 Å². The van der Waals surface area contributed by atoms with Gasteiger partial charge in [-0.2, -0.15) is 9.79 Å². The molecule has 1 aromatic rings. The van der Waals surface area contributed by atoms with E-state index in [9.17, 15) is 4.91 Å². The number of hydrogen-bond donors (Lipinski definition) is 0. The first kappa shape index (κ1) is 11.4. The molecule has 0 spiro atoms. The maximum atomic E-state index is 10.2. The van der Waals surface area contributed by atoms with Crippen LogP contribution >= 0.6 is 0 Å². The minimum Gasteiger partial charge on any atom is -0.343 e. The van der Waals surface area contributed by atoms with Gasteiger partial charge in [0.2, 0.25) is 0 Å². The van der Waals surface area contributed by atoms with Gasteiger partial charge in [-0.1, -0.05) is 36.0 Å². The van der Waals surface area contributed by atoms with E-state index in [4.69, 9.17) is 9.78 Å². The molecule has 0 aliphatic carbocycles. The zero-order valence-electron chi connectivity index (χ0n) is 8.60. The highest BCUT2D eigenvalue weighted by Crippen LogP contribution is 2.11. The molecule has 0 aromatic heterocycles. The van der Waals surface area contributed by atoms with E-state index >= 15 is 0 Å². The number of nitroso groups, excluding NO2 is 1. The number of nitrogens with zero attached hydrogens (tertiary/aromatic N) is 1. The second-order valence-corrected chi connectivity index (χ2v) is 3.10. The van der Waals surface area contributed by atoms with Gasteiger partial charge in [-0.3, -0.25) is 0 Å². The fraction of sp³-hybridized carbons (Fsp3) is 0.273. The van der Waals surface area contributed by atoms with Crippen LogP contribution in [0.15, 0.2) is 41.8 Å². The molecule has 0 bridgehead atoms. The van der Waals surface area contributed by atoms with Crippen molar-refractivity contribution in [3.05, 3.63) is 52.6 Å². The van der Waals surface area contributed by atoms with Gasteiger partial charge in [0, 0.05) is 0 Å². The van der Waals surface area contributed by atoms with E-state index in [0.717, 1.165) is 11.1 Å². The Balaban J connectivity index is 2.58. The van der Waals surface area contributed by atoms with Crippen LogP contribution in [0.1, 0.15) is 18.1 Å². The van der Waals surface area contributed by atoms with Crippen LogP contribution in [-0.2, 0) is 22.9 Å². The summed E-state index contributed by atoms with van der Waals surface area (Å²) in [5, 5.41) is 2.85. The van der Waals surface area contributed by atoms with Crippen molar-refractivity contribution in [1.29, 1.82) is 0 Å². The Morgan fingerprint density at radius 2 is 2.07 bits per heavy atom. The predicted molar refractivity (Wildman–Crippen MR) is 56.6 cm³/mol. The molecule has 0 amide bonds. The van der Waals surface area contributed by atoms with Crippen LogP contribution in [0.5, 0.6) is 0 Å². The molecule has 0 saturated carbocycles. The largest absolute Gasteiger partial charge is 0.343 e. The van der Waals surface area contributed by atoms with Crippen molar-refractivity contribution in [3.8, 4) is 0 Å². The van der Waals surface area contributed by atoms with Crippen LogP contribution < -0.4 is 0 Å². The molecule has 0 aliphatic heterocycles. The van der Waals surface area contributed by atoms with Crippen LogP contribution in [0.3, 0.4) is 0 Å². The lowest BCUT2D eigenvalue weighted by Crippen LogP contribution is -1.97. The molecule has 1 rings (SSSR count). The molecule has 0 fully saturated rings. The Hall–Kier alpha value is -1.68. The van der Waals surface area contributed by atoms with Gasteiger partial charge in [0.25, 0.3) is 0 Å². The first-order valence-electron chi connectivity index (χ1n) is 4.55. The maximum absolute atomic E-state index is 10.2. The molecule has 4 heteroatoms. The van der Waals surface area contributed by atoms with Gasteiger partial charge in [-0.05, 0) is 18.1 Å². The molecule has 0 atom stereocenters. The van der Waals surface area contributed by atoms with Gasteiger partial charge < -0.3 is 4.89 Å². The second kappa shape index (κ2) is 5.93. The van der Waals surface area contributed by atoms with Crippen LogP contribution in [0.25, 0.3) is 0 Å². The molecule has 0 radical (unpaired) electrons. The average molecular weight is 207 g/mol. The third-order valence-corrected chi connectivity index (χ3v) is 1.77. The Morgan fingerprint density at radius 3 is 2.67 bits per heavy atom. The molecule has 0 aliphatic rings. The first-order valence-corrected chi connectivity index (χ1v) is 4.55. The van der Waals surface area contributed by atoms with E-state index in [1.165, 1.54) is 0 Å². The molecule has 15 heavy (non-hydrogen) atoms. The SMILES string of the molecule is C=C(C)OOCc1ccccc1CN=O. The molecule has 4 nitrogen and oxygen atoms in total. The summed E-state index contributed by atoms with van der Waals surface area (Å²) in [5.74, 6) is 0.487. The Morgan fingerprint density at radius 1 is 1.40 bits per heavy atom. The normalized spacial score (nSPS) is 9.67. The van der Waals surface area contributed by atoms with Crippen LogP contribution in [-0.4, -0.2) is 0 Å². The standard InChI is InChI=1S/C11H13NO3/c1-9(2)15-14-8-11-6-4-3-5-10(11)7-12-13/h3-6H,1,7-8H2,2H3. The molecule has 0 heterocycles. The quantitative estimate of drug-likeness (QED) is 0.312. The van der Waals surface area contributed by atoms with Gasteiger partial charge >= 0.3 is 0 Å². The second-order valence-electron chi connectivity index (χ2n) is 3.10. The third-order valence-electron chi connectivity index (χ3n) is 1.77. The highest BCUT2D eigenvalue weighted by molar-refractivity contribution is 5.26. The maximum Gasteiger partial charge on any atom is 0.132 e. The minimum atomic E-state index is 0.145. The number of rotatable bonds is 6. The zero-order valence-corrected chi connectivity index (χ0v) is 8.60. The molecular weight excluding hydrogens is 194 g/mol. The fourth-order valence-electron chi connectivity index (χ4n) is 1.12. The summed E-state index contributed by atoms with van der Waals surface area (Å²) in [5.41, 5.74) is 1.73. The van der Waals surface area contributed by atoms with E-state index in [1.807, 2.05) is 24.3 Å². The molecule has 0 saturated heterocycles. The lowest BCUT2D eigenvalue weighted by molar-refractivity contribution is -0.271. The van der Waals surface area contributed by atoms with Crippen LogP contribution in [0.2, 0.25) is 0 Å². The zero-order chi connectivity index (χ0) is 11.1. The third kappa shape index (κ3) is 3.91. The van der Waals surface area contributed by atoms with Crippen molar-refractivity contribution in [3.63, 3.8) is 0 Å². The van der Waals surface area contributed by atoms with Gasteiger partial charge in [0.1, 0.15) is 18.9 Å². The summed E-state index contributed by atoms with van der Waals surface area (Å²) in [7, 11) is 0. The lowest BCUT2D eigenvalue weighted by atomic mass is 10.1. The van der Waals surface area contributed by atoms with Crippen molar-refractivity contribution < 1.29 is 9.78 Å². The Kier molecular flexibility index (Phi) is 4.50. The summed E-state index contributed by atoms with van der Waals surface area (Å²) in [6.07, 6.45) is 0. The molecular formula is C11H13NO3. The van der Waals surface area contributed by atoms with Crippen LogP contribution in [0.4, 0.5) is 0 Å². The predicted octanol–water partition coefficient (Wildman–Crippen LogP) is 2.93. The van der Waals surface area contributed by atoms with Crippen molar-refractivity contribution in [2.45, 2.75) is 20.1 Å². The van der Waals surface area contributed by atoms with E-state index in [-0.39, 0.29) is 13.2 Å². The van der Waals surface area contributed by atoms with Crippen molar-refractivity contribution in [1.82, 2.24) is 0 Å². The number of allylic oxidation sites excluding steroid dienone is 1. The van der Waals surface area contributed by atoms with Crippen molar-refractivity contribution >= 4 is 0 Å². The van der Waals surface area contributed by atoms with Gasteiger partial charge in [-0.15, -0.1) is 0 Å². The summed E-state index contributed by atoms with van der Waals surface area (Å²) < 4.78 is 0. The lowest BCUT2D eigenvalue weighted by Gasteiger charge is -2.07. The van der Waals surface area contributed by atoms with Gasteiger partial charge in [0.15, 0.2) is 0 Å². The van der Waals surface area contributed by atoms with E-state index in [1.54, 1.807) is 6.92 Å². The topological polar surface area (TPSA) is 47.9 Å². The van der Waals surface area contributed by atoms with E-state index < -0.39 is 0 Å². The molecule has 1 aromatic carbocycles. The molecule has 0 N–H and O–H groups in total. The van der Waals surface area contributed by atoms with Crippen LogP contribution in [0, 0.1) is 4.91 Å². The minimum absolute atomic E-state index is 0.145. The highest BCUT2D eigenvalue weighted by Gasteiger charge is 2.02. The number of benzene rings is 1. The van der Waals surface area contributed by atoms with Crippen molar-refractivity contribution in [2.24, 2.45) is 5.18 Å². The smallest absolute Gasteiger partial charge is 0.132 e. The summed E-state index contributed by atoms with van der Waals surface area (Å²) in [6, 6.07) is 7.42. The first-order chi connectivity index (χ1) is 7.24. The average Bonchev–Trinajstić information content (AvgIpc) is 2.20. The monoisotopic (exact) mass is 207 g/mol. The summed E-state index contributed by atoms with van der Waals surface area (Å²) in [4.78, 5) is 19.9. The summed E-state index contributed by atoms with van der Waals surface area (Å²) >= 11 is 0. The fourth-order valence-corrected chi connectivity index (χ4v) is 1.12. The molecule has 0 unspecified atom stereocenters. The highest BCUT2D eigenvalue weighted by atomic mass is 17.2. The summed E-state index contributed by atoms with van der Waals surface area (Å²) in [6.45, 7) is 5.64. The van der Waals surface area contributed by atoms with E-state index in [0.29, 0.717) is 5.76 Å². The molecule has 80 valence electrons. The van der Waals surface area contributed by atoms with Crippen molar-refractivity contribution in [2.75, 3.05) is 0 Å². The Bertz CT molecular complexity index is 349. The van der Waals surface area contributed by atoms with E-state index in [2.05, 4.69) is 11.8 Å². The Labute approximate surface area is 88.4 Å². The number of hydrogen-bond acceptors (Lipinski definition) is 4.